The van der Waals surface area contributed by atoms with Gasteiger partial charge in [-0.3, -0.25) is 4.79 Å². The Kier molecular flexibility index (Phi) is 6.12. The standard InChI is InChI=1S/C23H28N4O2S2/c1-3-6-17-15-7-4-5-8-16(15)18-19-20(31-21(18)26-17)22(25-13-24-19)30-14(2)23(28)27-9-11-29-12-10-27/h13-14H,3-12H2,1-2H3. The number of aromatic nitrogens is 3. The van der Waals surface area contributed by atoms with Crippen molar-refractivity contribution in [1.82, 2.24) is 19.9 Å². The number of fused-ring (bicyclic) bond motifs is 5. The van der Waals surface area contributed by atoms with Crippen molar-refractivity contribution < 1.29 is 9.53 Å². The fourth-order valence-corrected chi connectivity index (χ4v) is 6.93. The summed E-state index contributed by atoms with van der Waals surface area (Å²) in [7, 11) is 0. The number of amides is 1. The van der Waals surface area contributed by atoms with Gasteiger partial charge in [0.25, 0.3) is 0 Å². The highest BCUT2D eigenvalue weighted by Gasteiger charge is 2.26. The van der Waals surface area contributed by atoms with Gasteiger partial charge in [-0.25, -0.2) is 15.0 Å². The quantitative estimate of drug-likeness (QED) is 0.418. The van der Waals surface area contributed by atoms with Gasteiger partial charge in [0.1, 0.15) is 16.2 Å². The van der Waals surface area contributed by atoms with Gasteiger partial charge < -0.3 is 9.64 Å². The van der Waals surface area contributed by atoms with Crippen LogP contribution >= 0.6 is 23.1 Å². The molecule has 1 amide bonds. The number of carbonyl (C=O) groups excluding carboxylic acids is 1. The average Bonchev–Trinajstić information content (AvgIpc) is 3.19. The van der Waals surface area contributed by atoms with Crippen molar-refractivity contribution in [2.45, 2.75) is 62.6 Å². The number of nitrogens with zero attached hydrogens (tertiary/aromatic N) is 4. The molecule has 0 bridgehead atoms. The highest BCUT2D eigenvalue weighted by Crippen LogP contribution is 2.42. The molecule has 8 heteroatoms. The van der Waals surface area contributed by atoms with Crippen molar-refractivity contribution in [3.05, 3.63) is 23.1 Å². The fourth-order valence-electron chi connectivity index (χ4n) is 4.70. The molecule has 31 heavy (non-hydrogen) atoms. The minimum atomic E-state index is -0.195. The maximum atomic E-state index is 12.9. The molecule has 0 spiro atoms. The summed E-state index contributed by atoms with van der Waals surface area (Å²) in [6, 6.07) is 0. The number of ether oxygens (including phenoxy) is 1. The summed E-state index contributed by atoms with van der Waals surface area (Å²) >= 11 is 3.23. The average molecular weight is 457 g/mol. The van der Waals surface area contributed by atoms with Gasteiger partial charge in [0.15, 0.2) is 0 Å². The third kappa shape index (κ3) is 3.94. The molecular formula is C23H28N4O2S2. The second-order valence-electron chi connectivity index (χ2n) is 8.31. The van der Waals surface area contributed by atoms with E-state index in [2.05, 4.69) is 16.9 Å². The molecule has 0 N–H and O–H groups in total. The second-order valence-corrected chi connectivity index (χ2v) is 10.6. The number of thiophene rings is 1. The van der Waals surface area contributed by atoms with E-state index in [1.54, 1.807) is 29.4 Å². The number of morpholine rings is 1. The monoisotopic (exact) mass is 456 g/mol. The molecule has 4 heterocycles. The number of pyridine rings is 1. The first kappa shape index (κ1) is 21.1. The van der Waals surface area contributed by atoms with Crippen molar-refractivity contribution >= 4 is 49.4 Å². The van der Waals surface area contributed by atoms with Crippen LogP contribution in [0.1, 0.15) is 49.9 Å². The fraction of sp³-hybridized carbons (Fsp3) is 0.565. The minimum absolute atomic E-state index is 0.155. The Morgan fingerprint density at radius 1 is 1.23 bits per heavy atom. The van der Waals surface area contributed by atoms with Crippen LogP contribution in [0, 0.1) is 0 Å². The maximum Gasteiger partial charge on any atom is 0.235 e. The van der Waals surface area contributed by atoms with Gasteiger partial charge in [0, 0.05) is 24.2 Å². The van der Waals surface area contributed by atoms with Crippen LogP contribution in [0.15, 0.2) is 11.4 Å². The van der Waals surface area contributed by atoms with Crippen molar-refractivity contribution in [3.8, 4) is 0 Å². The van der Waals surface area contributed by atoms with Crippen LogP contribution in [0.2, 0.25) is 0 Å². The lowest BCUT2D eigenvalue weighted by molar-refractivity contribution is -0.134. The van der Waals surface area contributed by atoms with Gasteiger partial charge in [-0.1, -0.05) is 25.1 Å². The number of thioether (sulfide) groups is 1. The summed E-state index contributed by atoms with van der Waals surface area (Å²) < 4.78 is 6.45. The van der Waals surface area contributed by atoms with Crippen molar-refractivity contribution in [3.63, 3.8) is 0 Å². The van der Waals surface area contributed by atoms with E-state index in [0.29, 0.717) is 26.3 Å². The molecule has 3 aromatic heterocycles. The van der Waals surface area contributed by atoms with Gasteiger partial charge in [0.05, 0.1) is 28.7 Å². The van der Waals surface area contributed by atoms with Crippen molar-refractivity contribution in [1.29, 1.82) is 0 Å². The Balaban J connectivity index is 1.54. The highest BCUT2D eigenvalue weighted by molar-refractivity contribution is 8.00. The Morgan fingerprint density at radius 2 is 2.00 bits per heavy atom. The molecule has 164 valence electrons. The van der Waals surface area contributed by atoms with Gasteiger partial charge in [-0.15, -0.1) is 11.3 Å². The van der Waals surface area contributed by atoms with Gasteiger partial charge >= 0.3 is 0 Å². The topological polar surface area (TPSA) is 68.2 Å². The van der Waals surface area contributed by atoms with E-state index < -0.39 is 0 Å². The smallest absolute Gasteiger partial charge is 0.235 e. The van der Waals surface area contributed by atoms with Crippen molar-refractivity contribution in [2.75, 3.05) is 26.3 Å². The lowest BCUT2D eigenvalue weighted by Crippen LogP contribution is -2.44. The molecule has 1 fully saturated rings. The molecular weight excluding hydrogens is 428 g/mol. The Morgan fingerprint density at radius 3 is 2.77 bits per heavy atom. The van der Waals surface area contributed by atoms with Crippen LogP contribution in [0.5, 0.6) is 0 Å². The lowest BCUT2D eigenvalue weighted by atomic mass is 9.88. The molecule has 0 saturated carbocycles. The number of hydrogen-bond acceptors (Lipinski definition) is 7. The second kappa shape index (κ2) is 9.00. The zero-order valence-corrected chi connectivity index (χ0v) is 19.8. The molecule has 0 radical (unpaired) electrons. The van der Waals surface area contributed by atoms with E-state index in [9.17, 15) is 4.79 Å². The molecule has 3 aromatic rings. The predicted octanol–water partition coefficient (Wildman–Crippen LogP) is 4.41. The summed E-state index contributed by atoms with van der Waals surface area (Å²) in [5, 5.41) is 1.92. The summed E-state index contributed by atoms with van der Waals surface area (Å²) in [5.41, 5.74) is 5.20. The number of rotatable bonds is 5. The van der Waals surface area contributed by atoms with Gasteiger partial charge in [-0.2, -0.15) is 0 Å². The third-order valence-corrected chi connectivity index (χ3v) is 8.52. The number of aryl methyl sites for hydroxylation is 2. The molecule has 1 unspecified atom stereocenters. The van der Waals surface area contributed by atoms with Crippen LogP contribution in [-0.4, -0.2) is 57.3 Å². The molecule has 5 rings (SSSR count). The van der Waals surface area contributed by atoms with Gasteiger partial charge in [-0.05, 0) is 50.2 Å². The van der Waals surface area contributed by atoms with E-state index in [-0.39, 0.29) is 11.2 Å². The lowest BCUT2D eigenvalue weighted by Gasteiger charge is -2.28. The van der Waals surface area contributed by atoms with E-state index >= 15 is 0 Å². The predicted molar refractivity (Wildman–Crippen MR) is 126 cm³/mol. The normalized spacial score (nSPS) is 17.8. The van der Waals surface area contributed by atoms with E-state index in [0.717, 1.165) is 45.8 Å². The molecule has 1 atom stereocenters. The number of hydrogen-bond donors (Lipinski definition) is 0. The minimum Gasteiger partial charge on any atom is -0.378 e. The molecule has 0 aromatic carbocycles. The van der Waals surface area contributed by atoms with Crippen LogP contribution in [-0.2, 0) is 28.8 Å². The van der Waals surface area contributed by atoms with Crippen LogP contribution in [0.25, 0.3) is 20.4 Å². The SMILES string of the molecule is CCCc1nc2sc3c(SC(C)C(=O)N4CCOCC4)ncnc3c2c2c1CCCC2. The largest absolute Gasteiger partial charge is 0.378 e. The third-order valence-electron chi connectivity index (χ3n) is 6.22. The van der Waals surface area contributed by atoms with Crippen LogP contribution < -0.4 is 0 Å². The summed E-state index contributed by atoms with van der Waals surface area (Å²) in [6.45, 7) is 6.77. The van der Waals surface area contributed by atoms with Crippen molar-refractivity contribution in [2.24, 2.45) is 0 Å². The first-order chi connectivity index (χ1) is 15.2. The van der Waals surface area contributed by atoms with E-state index in [1.165, 1.54) is 35.0 Å². The molecule has 1 aliphatic heterocycles. The zero-order chi connectivity index (χ0) is 21.4. The van der Waals surface area contributed by atoms with E-state index in [4.69, 9.17) is 9.72 Å². The molecule has 1 saturated heterocycles. The molecule has 1 aliphatic carbocycles. The van der Waals surface area contributed by atoms with Gasteiger partial charge in [0.2, 0.25) is 5.91 Å². The Hall–Kier alpha value is -1.77. The molecule has 2 aliphatic rings. The van der Waals surface area contributed by atoms with Crippen LogP contribution in [0.3, 0.4) is 0 Å². The zero-order valence-electron chi connectivity index (χ0n) is 18.1. The van der Waals surface area contributed by atoms with E-state index in [1.807, 2.05) is 11.8 Å². The van der Waals surface area contributed by atoms with Crippen LogP contribution in [0.4, 0.5) is 0 Å². The summed E-state index contributed by atoms with van der Waals surface area (Å²) in [5.74, 6) is 0.155. The maximum absolute atomic E-state index is 12.9. The summed E-state index contributed by atoms with van der Waals surface area (Å²) in [6.07, 6.45) is 8.50. The summed E-state index contributed by atoms with van der Waals surface area (Å²) in [4.78, 5) is 30.3. The first-order valence-corrected chi connectivity index (χ1v) is 13.0. The Bertz CT molecular complexity index is 1120. The number of carbonyl (C=O) groups is 1. The Labute approximate surface area is 190 Å². The molecule has 6 nitrogen and oxygen atoms in total. The highest BCUT2D eigenvalue weighted by atomic mass is 32.2. The first-order valence-electron chi connectivity index (χ1n) is 11.3.